The van der Waals surface area contributed by atoms with Gasteiger partial charge in [0.2, 0.25) is 5.91 Å². The van der Waals surface area contributed by atoms with Gasteiger partial charge in [-0.05, 0) is 68.3 Å². The minimum absolute atomic E-state index is 0.124. The summed E-state index contributed by atoms with van der Waals surface area (Å²) in [5.41, 5.74) is 4.47. The topological polar surface area (TPSA) is 75.0 Å². The zero-order valence-electron chi connectivity index (χ0n) is 20.4. The molecule has 2 aromatic carbocycles. The van der Waals surface area contributed by atoms with E-state index in [0.29, 0.717) is 23.3 Å². The van der Waals surface area contributed by atoms with Crippen LogP contribution in [0.3, 0.4) is 0 Å². The van der Waals surface area contributed by atoms with Gasteiger partial charge in [0.15, 0.2) is 0 Å². The van der Waals surface area contributed by atoms with Gasteiger partial charge in [-0.15, -0.1) is 0 Å². The average molecular weight is 464 g/mol. The molecule has 0 radical (unpaired) electrons. The Balaban J connectivity index is 1.40. The predicted octanol–water partition coefficient (Wildman–Crippen LogP) is 4.13. The van der Waals surface area contributed by atoms with E-state index in [9.17, 15) is 9.59 Å². The Hall–Kier alpha value is -3.32. The number of amides is 1. The molecule has 0 spiro atoms. The summed E-state index contributed by atoms with van der Waals surface area (Å²) in [5, 5.41) is 3.85. The molecule has 1 saturated heterocycles. The zero-order valence-corrected chi connectivity index (χ0v) is 20.4. The molecule has 34 heavy (non-hydrogen) atoms. The summed E-state index contributed by atoms with van der Waals surface area (Å²) in [4.78, 5) is 30.1. The third-order valence-corrected chi connectivity index (χ3v) is 6.77. The van der Waals surface area contributed by atoms with Gasteiger partial charge in [0.25, 0.3) is 0 Å². The zero-order chi connectivity index (χ0) is 24.2. The van der Waals surface area contributed by atoms with Gasteiger partial charge in [-0.25, -0.2) is 4.79 Å². The maximum Gasteiger partial charge on any atom is 0.339 e. The van der Waals surface area contributed by atoms with E-state index in [4.69, 9.17) is 9.15 Å². The molecule has 0 bridgehead atoms. The van der Waals surface area contributed by atoms with E-state index in [1.807, 2.05) is 32.0 Å². The first-order valence-electron chi connectivity index (χ1n) is 11.9. The Morgan fingerprint density at radius 3 is 2.53 bits per heavy atom. The third kappa shape index (κ3) is 5.09. The largest absolute Gasteiger partial charge is 0.497 e. The van der Waals surface area contributed by atoms with Gasteiger partial charge in [-0.2, -0.15) is 0 Å². The lowest BCUT2D eigenvalue weighted by Gasteiger charge is -2.35. The molecule has 7 nitrogen and oxygen atoms in total. The molecule has 0 aliphatic carbocycles. The summed E-state index contributed by atoms with van der Waals surface area (Å²) in [6.07, 6.45) is 0.522. The van der Waals surface area contributed by atoms with Crippen molar-refractivity contribution in [3.63, 3.8) is 0 Å². The second-order valence-corrected chi connectivity index (χ2v) is 8.82. The summed E-state index contributed by atoms with van der Waals surface area (Å²) in [5.74, 6) is 0.507. The normalized spacial score (nSPS) is 14.4. The molecule has 4 rings (SSSR count). The fraction of sp³-hybridized carbons (Fsp3) is 0.407. The van der Waals surface area contributed by atoms with Crippen molar-refractivity contribution in [3.05, 3.63) is 63.5 Å². The predicted molar refractivity (Wildman–Crippen MR) is 136 cm³/mol. The molecular weight excluding hydrogens is 430 g/mol. The lowest BCUT2D eigenvalue weighted by molar-refractivity contribution is -0.116. The lowest BCUT2D eigenvalue weighted by Crippen LogP contribution is -2.46. The van der Waals surface area contributed by atoms with Gasteiger partial charge in [0, 0.05) is 61.0 Å². The highest BCUT2D eigenvalue weighted by Gasteiger charge is 2.17. The Morgan fingerprint density at radius 1 is 1.09 bits per heavy atom. The molecule has 1 fully saturated rings. The number of aryl methyl sites for hydroxylation is 2. The number of piperazine rings is 1. The van der Waals surface area contributed by atoms with Crippen LogP contribution in [0.2, 0.25) is 0 Å². The molecular formula is C27H33N3O4. The standard InChI is InChI=1S/C27H33N3O4/c1-5-29-12-14-30(15-13-29)20-6-10-24(18(2)16-20)28-26(31)11-9-23-19(3)22-8-7-21(33-4)17-25(22)34-27(23)32/h6-8,10,16-17H,5,9,11-15H2,1-4H3,(H,28,31). The highest BCUT2D eigenvalue weighted by molar-refractivity contribution is 5.92. The fourth-order valence-electron chi connectivity index (χ4n) is 4.55. The van der Waals surface area contributed by atoms with Crippen molar-refractivity contribution in [2.24, 2.45) is 0 Å². The monoisotopic (exact) mass is 463 g/mol. The second-order valence-electron chi connectivity index (χ2n) is 8.82. The molecule has 1 aliphatic heterocycles. The Kier molecular flexibility index (Phi) is 7.22. The van der Waals surface area contributed by atoms with Gasteiger partial charge in [0.1, 0.15) is 11.3 Å². The number of nitrogens with zero attached hydrogens (tertiary/aromatic N) is 2. The van der Waals surface area contributed by atoms with Crippen molar-refractivity contribution in [1.82, 2.24) is 4.90 Å². The highest BCUT2D eigenvalue weighted by Crippen LogP contribution is 2.26. The van der Waals surface area contributed by atoms with Crippen LogP contribution in [0, 0.1) is 13.8 Å². The van der Waals surface area contributed by atoms with Gasteiger partial charge in [0.05, 0.1) is 7.11 Å². The first-order chi connectivity index (χ1) is 16.4. The molecule has 1 aromatic heterocycles. The molecule has 1 aliphatic rings. The number of ether oxygens (including phenoxy) is 1. The second kappa shape index (κ2) is 10.3. The summed E-state index contributed by atoms with van der Waals surface area (Å²) in [7, 11) is 1.57. The smallest absolute Gasteiger partial charge is 0.339 e. The van der Waals surface area contributed by atoms with Crippen molar-refractivity contribution in [3.8, 4) is 5.75 Å². The van der Waals surface area contributed by atoms with Gasteiger partial charge in [-0.1, -0.05) is 6.92 Å². The number of hydrogen-bond donors (Lipinski definition) is 1. The van der Waals surface area contributed by atoms with Crippen molar-refractivity contribution in [2.45, 2.75) is 33.6 Å². The number of fused-ring (bicyclic) bond motifs is 1. The number of anilines is 2. The van der Waals surface area contributed by atoms with Crippen LogP contribution in [-0.4, -0.2) is 50.6 Å². The van der Waals surface area contributed by atoms with Crippen molar-refractivity contribution in [2.75, 3.05) is 50.1 Å². The number of likely N-dealkylation sites (N-methyl/N-ethyl adjacent to an activating group) is 1. The molecule has 0 saturated carbocycles. The van der Waals surface area contributed by atoms with Crippen LogP contribution in [0.1, 0.15) is 30.0 Å². The van der Waals surface area contributed by atoms with Crippen molar-refractivity contribution in [1.29, 1.82) is 0 Å². The molecule has 180 valence electrons. The van der Waals surface area contributed by atoms with E-state index in [2.05, 4.69) is 34.2 Å². The first-order valence-corrected chi connectivity index (χ1v) is 11.9. The maximum absolute atomic E-state index is 12.7. The average Bonchev–Trinajstić information content (AvgIpc) is 2.84. The Labute approximate surface area is 200 Å². The number of benzene rings is 2. The summed E-state index contributed by atoms with van der Waals surface area (Å²) in [6.45, 7) is 11.4. The molecule has 1 amide bonds. The van der Waals surface area contributed by atoms with Crippen LogP contribution in [-0.2, 0) is 11.2 Å². The fourth-order valence-corrected chi connectivity index (χ4v) is 4.55. The number of hydrogen-bond acceptors (Lipinski definition) is 6. The van der Waals surface area contributed by atoms with E-state index < -0.39 is 5.63 Å². The summed E-state index contributed by atoms with van der Waals surface area (Å²) in [6, 6.07) is 11.6. The molecule has 0 atom stereocenters. The van der Waals surface area contributed by atoms with E-state index in [-0.39, 0.29) is 12.3 Å². The number of methoxy groups -OCH3 is 1. The van der Waals surface area contributed by atoms with Gasteiger partial charge in [-0.3, -0.25) is 4.79 Å². The van der Waals surface area contributed by atoms with Crippen LogP contribution in [0.25, 0.3) is 11.0 Å². The quantitative estimate of drug-likeness (QED) is 0.531. The van der Waals surface area contributed by atoms with Crippen molar-refractivity contribution >= 4 is 28.3 Å². The van der Waals surface area contributed by atoms with Crippen LogP contribution in [0.5, 0.6) is 5.75 Å². The third-order valence-electron chi connectivity index (χ3n) is 6.77. The van der Waals surface area contributed by atoms with Crippen LogP contribution < -0.4 is 20.6 Å². The SMILES string of the molecule is CCN1CCN(c2ccc(NC(=O)CCc3c(C)c4ccc(OC)cc4oc3=O)c(C)c2)CC1. The van der Waals surface area contributed by atoms with E-state index in [0.717, 1.165) is 54.9 Å². The van der Waals surface area contributed by atoms with Crippen LogP contribution in [0.15, 0.2) is 45.6 Å². The summed E-state index contributed by atoms with van der Waals surface area (Å²) < 4.78 is 10.7. The number of rotatable bonds is 7. The van der Waals surface area contributed by atoms with Crippen LogP contribution >= 0.6 is 0 Å². The summed E-state index contributed by atoms with van der Waals surface area (Å²) >= 11 is 0. The van der Waals surface area contributed by atoms with E-state index in [1.54, 1.807) is 13.2 Å². The Morgan fingerprint density at radius 2 is 1.85 bits per heavy atom. The maximum atomic E-state index is 12.7. The molecule has 1 N–H and O–H groups in total. The van der Waals surface area contributed by atoms with E-state index in [1.165, 1.54) is 5.69 Å². The van der Waals surface area contributed by atoms with E-state index >= 15 is 0 Å². The molecule has 0 unspecified atom stereocenters. The number of carbonyl (C=O) groups excluding carboxylic acids is 1. The minimum Gasteiger partial charge on any atom is -0.497 e. The first kappa shape index (κ1) is 23.8. The lowest BCUT2D eigenvalue weighted by atomic mass is 10.0. The minimum atomic E-state index is -0.408. The van der Waals surface area contributed by atoms with Crippen LogP contribution in [0.4, 0.5) is 11.4 Å². The number of carbonyl (C=O) groups is 1. The molecule has 7 heteroatoms. The van der Waals surface area contributed by atoms with Gasteiger partial charge < -0.3 is 24.3 Å². The molecule has 3 aromatic rings. The van der Waals surface area contributed by atoms with Gasteiger partial charge >= 0.3 is 5.63 Å². The number of nitrogens with one attached hydrogen (secondary N) is 1. The molecule has 2 heterocycles. The van der Waals surface area contributed by atoms with Crippen molar-refractivity contribution < 1.29 is 13.9 Å². The Bertz CT molecular complexity index is 1240. The highest BCUT2D eigenvalue weighted by atomic mass is 16.5.